The molecule has 0 N–H and O–H groups in total. The van der Waals surface area contributed by atoms with Gasteiger partial charge in [-0.2, -0.15) is 8.42 Å². The second-order valence-corrected chi connectivity index (χ2v) is 7.52. The zero-order valence-electron chi connectivity index (χ0n) is 14.2. The molecule has 2 heterocycles. The van der Waals surface area contributed by atoms with Crippen LogP contribution in [0.1, 0.15) is 11.9 Å². The van der Waals surface area contributed by atoms with E-state index in [4.69, 9.17) is 27.9 Å². The molecule has 8 nitrogen and oxygen atoms in total. The first-order valence-electron chi connectivity index (χ1n) is 7.84. The Morgan fingerprint density at radius 1 is 1.04 bits per heavy atom. The van der Waals surface area contributed by atoms with Gasteiger partial charge in [0.2, 0.25) is 0 Å². The fourth-order valence-electron chi connectivity index (χ4n) is 3.09. The number of hydrogen-bond donors (Lipinski definition) is 0. The predicted octanol–water partition coefficient (Wildman–Crippen LogP) is 0.832. The average molecular weight is 374 g/mol. The van der Waals surface area contributed by atoms with Crippen LogP contribution in [0.3, 0.4) is 0 Å². The molecule has 9 heteroatoms. The minimum Gasteiger partial charge on any atom is -0.376 e. The molecule has 2 saturated heterocycles. The highest BCUT2D eigenvalue weighted by Crippen LogP contribution is 2.36. The Morgan fingerprint density at radius 2 is 1.76 bits per heavy atom. The lowest BCUT2D eigenvalue weighted by molar-refractivity contribution is -0.357. The van der Waals surface area contributed by atoms with Gasteiger partial charge in [0.05, 0.1) is 12.9 Å². The van der Waals surface area contributed by atoms with Crippen LogP contribution in [0.4, 0.5) is 0 Å². The number of benzene rings is 1. The Morgan fingerprint density at radius 3 is 2.36 bits per heavy atom. The van der Waals surface area contributed by atoms with Gasteiger partial charge in [0.1, 0.15) is 18.3 Å². The van der Waals surface area contributed by atoms with E-state index in [-0.39, 0.29) is 6.61 Å². The fraction of sp³-hybridized carbons (Fsp3) is 0.625. The zero-order chi connectivity index (χ0) is 18.0. The van der Waals surface area contributed by atoms with Crippen molar-refractivity contribution in [2.24, 2.45) is 0 Å². The van der Waals surface area contributed by atoms with Gasteiger partial charge in [-0.05, 0) is 0 Å². The first-order valence-corrected chi connectivity index (χ1v) is 9.66. The van der Waals surface area contributed by atoms with E-state index in [1.807, 2.05) is 30.3 Å². The summed E-state index contributed by atoms with van der Waals surface area (Å²) in [5.74, 6) is 0. The van der Waals surface area contributed by atoms with Gasteiger partial charge in [0.15, 0.2) is 18.7 Å². The van der Waals surface area contributed by atoms with Gasteiger partial charge in [-0.15, -0.1) is 0 Å². The maximum Gasteiger partial charge on any atom is 0.264 e. The van der Waals surface area contributed by atoms with Gasteiger partial charge in [-0.25, -0.2) is 0 Å². The largest absolute Gasteiger partial charge is 0.376 e. The molecule has 0 spiro atoms. The number of fused-ring (bicyclic) bond motifs is 1. The molecule has 1 aromatic rings. The van der Waals surface area contributed by atoms with Gasteiger partial charge in [0, 0.05) is 19.8 Å². The third-order valence-electron chi connectivity index (χ3n) is 4.15. The molecule has 1 aromatic carbocycles. The summed E-state index contributed by atoms with van der Waals surface area (Å²) < 4.78 is 56.7. The first kappa shape index (κ1) is 18.7. The van der Waals surface area contributed by atoms with Gasteiger partial charge in [0.25, 0.3) is 10.1 Å². The van der Waals surface area contributed by atoms with Gasteiger partial charge in [-0.3, -0.25) is 4.18 Å². The van der Waals surface area contributed by atoms with E-state index in [1.54, 1.807) is 0 Å². The van der Waals surface area contributed by atoms with Crippen molar-refractivity contribution >= 4 is 10.1 Å². The molecule has 2 fully saturated rings. The quantitative estimate of drug-likeness (QED) is 0.700. The predicted molar refractivity (Wildman–Crippen MR) is 86.2 cm³/mol. The fourth-order valence-corrected chi connectivity index (χ4v) is 3.69. The maximum absolute atomic E-state index is 11.6. The van der Waals surface area contributed by atoms with Crippen LogP contribution in [0.15, 0.2) is 30.3 Å². The van der Waals surface area contributed by atoms with Crippen molar-refractivity contribution in [3.8, 4) is 0 Å². The average Bonchev–Trinajstić information content (AvgIpc) is 2.60. The third-order valence-corrected chi connectivity index (χ3v) is 4.72. The molecular weight excluding hydrogens is 352 g/mol. The van der Waals surface area contributed by atoms with Crippen molar-refractivity contribution in [2.45, 2.75) is 37.0 Å². The molecule has 25 heavy (non-hydrogen) atoms. The molecule has 0 aliphatic carbocycles. The van der Waals surface area contributed by atoms with E-state index in [9.17, 15) is 8.42 Å². The first-order chi connectivity index (χ1) is 11.9. The van der Waals surface area contributed by atoms with Crippen molar-refractivity contribution < 1.29 is 36.3 Å². The molecule has 1 unspecified atom stereocenters. The van der Waals surface area contributed by atoms with Crippen molar-refractivity contribution in [2.75, 3.05) is 27.1 Å². The van der Waals surface area contributed by atoms with Crippen LogP contribution in [-0.2, 0) is 38.0 Å². The minimum absolute atomic E-state index is 0.259. The molecule has 0 saturated carbocycles. The van der Waals surface area contributed by atoms with Crippen molar-refractivity contribution in [3.63, 3.8) is 0 Å². The van der Waals surface area contributed by atoms with E-state index in [1.165, 1.54) is 14.2 Å². The van der Waals surface area contributed by atoms with Crippen LogP contribution in [-0.4, -0.2) is 66.2 Å². The van der Waals surface area contributed by atoms with E-state index in [0.717, 1.165) is 11.8 Å². The Balaban J connectivity index is 1.83. The Bertz CT molecular complexity index is 664. The van der Waals surface area contributed by atoms with E-state index in [2.05, 4.69) is 0 Å². The SMILES string of the molecule is CO[C@@H]1O[C@@H]2COC(c3ccccc3)O[C@@H]2[C@H](OC)[C@H]1OS(C)(=O)=O. The lowest BCUT2D eigenvalue weighted by atomic mass is 9.97. The lowest BCUT2D eigenvalue weighted by Gasteiger charge is -2.47. The molecule has 3 rings (SSSR count). The molecule has 0 amide bonds. The van der Waals surface area contributed by atoms with Crippen molar-refractivity contribution in [1.29, 1.82) is 0 Å². The molecule has 2 aliphatic heterocycles. The summed E-state index contributed by atoms with van der Waals surface area (Å²) in [6.07, 6.45) is -3.26. The highest BCUT2D eigenvalue weighted by Gasteiger charge is 2.52. The van der Waals surface area contributed by atoms with Crippen LogP contribution in [0, 0.1) is 0 Å². The monoisotopic (exact) mass is 374 g/mol. The van der Waals surface area contributed by atoms with Gasteiger partial charge in [-0.1, -0.05) is 30.3 Å². The molecule has 6 atom stereocenters. The number of hydrogen-bond acceptors (Lipinski definition) is 8. The van der Waals surface area contributed by atoms with Crippen LogP contribution >= 0.6 is 0 Å². The highest BCUT2D eigenvalue weighted by molar-refractivity contribution is 7.86. The maximum atomic E-state index is 11.6. The molecular formula is C16H22O8S. The topological polar surface area (TPSA) is 89.5 Å². The van der Waals surface area contributed by atoms with Crippen molar-refractivity contribution in [3.05, 3.63) is 35.9 Å². The number of ether oxygens (including phenoxy) is 5. The van der Waals surface area contributed by atoms with Crippen LogP contribution in [0.2, 0.25) is 0 Å². The molecule has 0 aromatic heterocycles. The van der Waals surface area contributed by atoms with Gasteiger partial charge >= 0.3 is 0 Å². The second-order valence-electron chi connectivity index (χ2n) is 5.92. The molecule has 2 aliphatic rings. The summed E-state index contributed by atoms with van der Waals surface area (Å²) in [6.45, 7) is 0.259. The summed E-state index contributed by atoms with van der Waals surface area (Å²) in [7, 11) is -0.863. The summed E-state index contributed by atoms with van der Waals surface area (Å²) in [4.78, 5) is 0. The Kier molecular flexibility index (Phi) is 5.74. The lowest BCUT2D eigenvalue weighted by Crippen LogP contribution is -2.63. The zero-order valence-corrected chi connectivity index (χ0v) is 15.0. The summed E-state index contributed by atoms with van der Waals surface area (Å²) in [5.41, 5.74) is 0.852. The van der Waals surface area contributed by atoms with Gasteiger partial charge < -0.3 is 23.7 Å². The molecule has 0 radical (unpaired) electrons. The standard InChI is InChI=1S/C16H22O8S/c1-19-13-12-11(22-16(20-2)14(13)24-25(3,17)18)9-21-15(23-12)10-7-5-4-6-8-10/h4-8,11-16H,9H2,1-3H3/t11-,12+,13+,14-,15?,16-/m1/s1. The number of methoxy groups -OCH3 is 2. The summed E-state index contributed by atoms with van der Waals surface area (Å²) in [6, 6.07) is 9.44. The Labute approximate surface area is 147 Å². The third kappa shape index (κ3) is 4.20. The second kappa shape index (κ2) is 7.67. The smallest absolute Gasteiger partial charge is 0.264 e. The number of rotatable bonds is 5. The summed E-state index contributed by atoms with van der Waals surface area (Å²) >= 11 is 0. The van der Waals surface area contributed by atoms with Crippen LogP contribution < -0.4 is 0 Å². The van der Waals surface area contributed by atoms with Crippen molar-refractivity contribution in [1.82, 2.24) is 0 Å². The highest BCUT2D eigenvalue weighted by atomic mass is 32.2. The van der Waals surface area contributed by atoms with E-state index < -0.39 is 47.1 Å². The summed E-state index contributed by atoms with van der Waals surface area (Å²) in [5, 5.41) is 0. The van der Waals surface area contributed by atoms with E-state index >= 15 is 0 Å². The normalized spacial score (nSPS) is 36.0. The molecule has 0 bridgehead atoms. The molecule has 140 valence electrons. The van der Waals surface area contributed by atoms with E-state index in [0.29, 0.717) is 0 Å². The van der Waals surface area contributed by atoms with Crippen LogP contribution in [0.5, 0.6) is 0 Å². The minimum atomic E-state index is -3.74. The Hall–Kier alpha value is -1.07. The van der Waals surface area contributed by atoms with Crippen LogP contribution in [0.25, 0.3) is 0 Å².